The number of para-hydroxylation sites is 1. The number of benzene rings is 3. The summed E-state index contributed by atoms with van der Waals surface area (Å²) in [4.78, 5) is 12.7. The third-order valence-electron chi connectivity index (χ3n) is 4.91. The number of sulfonamides is 1. The van der Waals surface area contributed by atoms with Crippen molar-refractivity contribution in [3.63, 3.8) is 0 Å². The van der Waals surface area contributed by atoms with Crippen molar-refractivity contribution in [1.82, 2.24) is 10.2 Å². The maximum atomic E-state index is 12.9. The van der Waals surface area contributed by atoms with Gasteiger partial charge in [-0.3, -0.25) is 14.6 Å². The summed E-state index contributed by atoms with van der Waals surface area (Å²) >= 11 is 0. The second-order valence-electron chi connectivity index (χ2n) is 7.40. The standard InChI is InChI=1S/C23H22N4O3S/c1-15-6-5-7-18(12-15)27-31(29,30)22-13-17(11-10-16(22)2)24-23(28)14-21-19-8-3-4-9-20(19)25-26-21/h3-13,27H,14H2,1-2H3,(H,24,28)(H,25,26). The molecule has 0 aliphatic rings. The van der Waals surface area contributed by atoms with Crippen molar-refractivity contribution in [2.45, 2.75) is 25.2 Å². The third-order valence-corrected chi connectivity index (χ3v) is 6.43. The van der Waals surface area contributed by atoms with E-state index in [-0.39, 0.29) is 17.2 Å². The molecule has 1 amide bonds. The summed E-state index contributed by atoms with van der Waals surface area (Å²) in [6.07, 6.45) is 0.0953. The smallest absolute Gasteiger partial charge is 0.262 e. The highest BCUT2D eigenvalue weighted by Gasteiger charge is 2.19. The molecule has 0 radical (unpaired) electrons. The average molecular weight is 435 g/mol. The Morgan fingerprint density at radius 3 is 2.58 bits per heavy atom. The van der Waals surface area contributed by atoms with Crippen LogP contribution in [0, 0.1) is 13.8 Å². The molecule has 0 fully saturated rings. The number of aromatic nitrogens is 2. The summed E-state index contributed by atoms with van der Waals surface area (Å²) in [6.45, 7) is 3.61. The molecule has 0 saturated carbocycles. The molecule has 1 aromatic heterocycles. The van der Waals surface area contributed by atoms with Crippen molar-refractivity contribution in [3.05, 3.63) is 83.6 Å². The van der Waals surface area contributed by atoms with Crippen molar-refractivity contribution in [1.29, 1.82) is 0 Å². The molecule has 4 aromatic rings. The van der Waals surface area contributed by atoms with Crippen LogP contribution in [0.2, 0.25) is 0 Å². The summed E-state index contributed by atoms with van der Waals surface area (Å²) in [5.74, 6) is -0.270. The maximum Gasteiger partial charge on any atom is 0.262 e. The first-order chi connectivity index (χ1) is 14.8. The molecule has 3 aromatic carbocycles. The van der Waals surface area contributed by atoms with Crippen molar-refractivity contribution >= 4 is 38.2 Å². The Bertz CT molecular complexity index is 1380. The predicted octanol–water partition coefficient (Wildman–Crippen LogP) is 4.16. The molecule has 4 rings (SSSR count). The summed E-state index contributed by atoms with van der Waals surface area (Å²) in [7, 11) is -3.82. The first-order valence-electron chi connectivity index (χ1n) is 9.74. The Balaban J connectivity index is 1.53. The molecule has 1 heterocycles. The topological polar surface area (TPSA) is 104 Å². The Morgan fingerprint density at radius 2 is 1.77 bits per heavy atom. The van der Waals surface area contributed by atoms with E-state index in [1.54, 1.807) is 37.3 Å². The Labute approximate surface area is 180 Å². The lowest BCUT2D eigenvalue weighted by atomic mass is 10.1. The summed E-state index contributed by atoms with van der Waals surface area (Å²) in [5, 5.41) is 10.7. The Morgan fingerprint density at radius 1 is 0.968 bits per heavy atom. The first kappa shape index (κ1) is 20.6. The third kappa shape index (κ3) is 4.59. The van der Waals surface area contributed by atoms with Gasteiger partial charge >= 0.3 is 0 Å². The van der Waals surface area contributed by atoms with Crippen LogP contribution in [-0.4, -0.2) is 24.5 Å². The number of carbonyl (C=O) groups excluding carboxylic acids is 1. The zero-order valence-electron chi connectivity index (χ0n) is 17.1. The number of hydrogen-bond donors (Lipinski definition) is 3. The van der Waals surface area contributed by atoms with Gasteiger partial charge in [0.15, 0.2) is 0 Å². The van der Waals surface area contributed by atoms with Crippen LogP contribution in [0.3, 0.4) is 0 Å². The molecule has 158 valence electrons. The van der Waals surface area contributed by atoms with Crippen LogP contribution in [-0.2, 0) is 21.2 Å². The second-order valence-corrected chi connectivity index (χ2v) is 9.05. The van der Waals surface area contributed by atoms with E-state index in [0.29, 0.717) is 22.6 Å². The van der Waals surface area contributed by atoms with E-state index in [2.05, 4.69) is 20.2 Å². The molecular formula is C23H22N4O3S. The van der Waals surface area contributed by atoms with Gasteiger partial charge in [-0.25, -0.2) is 8.42 Å². The highest BCUT2D eigenvalue weighted by Crippen LogP contribution is 2.24. The fourth-order valence-electron chi connectivity index (χ4n) is 3.40. The number of anilines is 2. The summed E-state index contributed by atoms with van der Waals surface area (Å²) in [5.41, 5.74) is 3.91. The van der Waals surface area contributed by atoms with Gasteiger partial charge in [0, 0.05) is 16.8 Å². The number of nitrogens with zero attached hydrogens (tertiary/aromatic N) is 1. The largest absolute Gasteiger partial charge is 0.326 e. The molecule has 0 spiro atoms. The number of carbonyl (C=O) groups is 1. The van der Waals surface area contributed by atoms with Gasteiger partial charge < -0.3 is 5.32 Å². The maximum absolute atomic E-state index is 12.9. The fourth-order valence-corrected chi connectivity index (χ4v) is 4.72. The number of H-pyrrole nitrogens is 1. The predicted molar refractivity (Wildman–Crippen MR) is 122 cm³/mol. The number of rotatable bonds is 6. The molecule has 7 nitrogen and oxygen atoms in total. The van der Waals surface area contributed by atoms with Crippen LogP contribution in [0.4, 0.5) is 11.4 Å². The minimum Gasteiger partial charge on any atom is -0.326 e. The minimum atomic E-state index is -3.82. The van der Waals surface area contributed by atoms with Gasteiger partial charge in [-0.05, 0) is 55.3 Å². The number of nitrogens with one attached hydrogen (secondary N) is 3. The SMILES string of the molecule is Cc1cccc(NS(=O)(=O)c2cc(NC(=O)Cc3[nH]nc4ccccc34)ccc2C)c1. The van der Waals surface area contributed by atoms with Crippen molar-refractivity contribution in [2.75, 3.05) is 10.0 Å². The monoisotopic (exact) mass is 434 g/mol. The zero-order valence-corrected chi connectivity index (χ0v) is 18.0. The van der Waals surface area contributed by atoms with Crippen LogP contribution in [0.15, 0.2) is 71.6 Å². The molecule has 0 aliphatic heterocycles. The second kappa shape index (κ2) is 8.23. The molecule has 8 heteroatoms. The number of aromatic amines is 1. The van der Waals surface area contributed by atoms with Crippen LogP contribution in [0.25, 0.3) is 10.9 Å². The molecule has 0 bridgehead atoms. The highest BCUT2D eigenvalue weighted by molar-refractivity contribution is 7.92. The van der Waals surface area contributed by atoms with Gasteiger partial charge in [-0.1, -0.05) is 36.4 Å². The van der Waals surface area contributed by atoms with Gasteiger partial charge in [-0.15, -0.1) is 0 Å². The average Bonchev–Trinajstić information content (AvgIpc) is 3.12. The molecule has 0 aliphatic carbocycles. The minimum absolute atomic E-state index is 0.0953. The first-order valence-corrected chi connectivity index (χ1v) is 11.2. The lowest BCUT2D eigenvalue weighted by Gasteiger charge is -2.13. The van der Waals surface area contributed by atoms with Crippen molar-refractivity contribution < 1.29 is 13.2 Å². The number of hydrogen-bond acceptors (Lipinski definition) is 4. The van der Waals surface area contributed by atoms with Crippen LogP contribution >= 0.6 is 0 Å². The number of aryl methyl sites for hydroxylation is 2. The van der Waals surface area contributed by atoms with Gasteiger partial charge in [-0.2, -0.15) is 5.10 Å². The molecule has 0 saturated heterocycles. The highest BCUT2D eigenvalue weighted by atomic mass is 32.2. The molecule has 31 heavy (non-hydrogen) atoms. The van der Waals surface area contributed by atoms with Crippen molar-refractivity contribution in [3.8, 4) is 0 Å². The van der Waals surface area contributed by atoms with E-state index in [1.807, 2.05) is 37.3 Å². The van der Waals surface area contributed by atoms with Crippen LogP contribution in [0.1, 0.15) is 16.8 Å². The van der Waals surface area contributed by atoms with Crippen LogP contribution < -0.4 is 10.0 Å². The number of fused-ring (bicyclic) bond motifs is 1. The van der Waals surface area contributed by atoms with Crippen molar-refractivity contribution in [2.24, 2.45) is 0 Å². The van der Waals surface area contributed by atoms with E-state index < -0.39 is 10.0 Å². The fraction of sp³-hybridized carbons (Fsp3) is 0.130. The van der Waals surface area contributed by atoms with E-state index in [1.165, 1.54) is 6.07 Å². The van der Waals surface area contributed by atoms with Gasteiger partial charge in [0.1, 0.15) is 0 Å². The van der Waals surface area contributed by atoms with E-state index in [4.69, 9.17) is 0 Å². The van der Waals surface area contributed by atoms with E-state index in [0.717, 1.165) is 16.5 Å². The molecule has 3 N–H and O–H groups in total. The van der Waals surface area contributed by atoms with Crippen LogP contribution in [0.5, 0.6) is 0 Å². The van der Waals surface area contributed by atoms with E-state index >= 15 is 0 Å². The Kier molecular flexibility index (Phi) is 5.48. The van der Waals surface area contributed by atoms with Gasteiger partial charge in [0.05, 0.1) is 22.5 Å². The van der Waals surface area contributed by atoms with Gasteiger partial charge in [0.2, 0.25) is 5.91 Å². The van der Waals surface area contributed by atoms with Gasteiger partial charge in [0.25, 0.3) is 10.0 Å². The molecule has 0 atom stereocenters. The normalized spacial score (nSPS) is 11.4. The number of amides is 1. The lowest BCUT2D eigenvalue weighted by molar-refractivity contribution is -0.115. The lowest BCUT2D eigenvalue weighted by Crippen LogP contribution is -2.17. The quantitative estimate of drug-likeness (QED) is 0.424. The molecular weight excluding hydrogens is 412 g/mol. The Hall–Kier alpha value is -3.65. The summed E-state index contributed by atoms with van der Waals surface area (Å²) in [6, 6.07) is 19.5. The van der Waals surface area contributed by atoms with E-state index in [9.17, 15) is 13.2 Å². The molecule has 0 unspecified atom stereocenters. The zero-order chi connectivity index (χ0) is 22.0. The summed E-state index contributed by atoms with van der Waals surface area (Å²) < 4.78 is 28.5.